The van der Waals surface area contributed by atoms with Crippen LogP contribution in [0.15, 0.2) is 54.6 Å². The Morgan fingerprint density at radius 2 is 1.42 bits per heavy atom. The van der Waals surface area contributed by atoms with E-state index in [0.29, 0.717) is 0 Å². The molecule has 0 atom stereocenters. The lowest BCUT2D eigenvalue weighted by Gasteiger charge is -2.11. The average Bonchev–Trinajstić information content (AvgIpc) is 2.44. The molecule has 0 radical (unpaired) electrons. The summed E-state index contributed by atoms with van der Waals surface area (Å²) in [6.07, 6.45) is 2.42. The predicted octanol–water partition coefficient (Wildman–Crippen LogP) is 5.58. The molecule has 0 nitrogen and oxygen atoms in total. The molecule has 0 unspecified atom stereocenters. The van der Waals surface area contributed by atoms with Gasteiger partial charge in [-0.05, 0) is 45.9 Å². The van der Waals surface area contributed by atoms with Crippen LogP contribution in [0.4, 0.5) is 0 Å². The molecule has 3 rings (SSSR count). The average molecular weight is 248 g/mol. The minimum atomic E-state index is 0.755. The Labute approximate surface area is 115 Å². The first-order valence-electron chi connectivity index (χ1n) is 7.15. The lowest BCUT2D eigenvalue weighted by molar-refractivity contribution is 0.588. The van der Waals surface area contributed by atoms with E-state index in [1.54, 1.807) is 0 Å². The summed E-state index contributed by atoms with van der Waals surface area (Å²) in [5.74, 6) is 0.755. The predicted molar refractivity (Wildman–Crippen MR) is 84.6 cm³/mol. The molecule has 0 bridgehead atoms. The quantitative estimate of drug-likeness (QED) is 0.531. The van der Waals surface area contributed by atoms with Crippen LogP contribution in [-0.2, 0) is 6.42 Å². The second kappa shape index (κ2) is 5.05. The molecule has 0 saturated carbocycles. The molecule has 0 aliphatic carbocycles. The molecule has 0 heterocycles. The van der Waals surface area contributed by atoms with Gasteiger partial charge in [-0.25, -0.2) is 0 Å². The van der Waals surface area contributed by atoms with Gasteiger partial charge in [0.15, 0.2) is 0 Å². The van der Waals surface area contributed by atoms with Crippen molar-refractivity contribution in [1.29, 1.82) is 0 Å². The van der Waals surface area contributed by atoms with Crippen molar-refractivity contribution in [3.8, 4) is 0 Å². The van der Waals surface area contributed by atoms with Crippen molar-refractivity contribution < 1.29 is 0 Å². The van der Waals surface area contributed by atoms with Crippen LogP contribution in [0.5, 0.6) is 0 Å². The van der Waals surface area contributed by atoms with Gasteiger partial charge in [0.05, 0.1) is 0 Å². The Balaban J connectivity index is 2.23. The van der Waals surface area contributed by atoms with Crippen molar-refractivity contribution in [3.05, 3.63) is 60.2 Å². The molecule has 0 aromatic heterocycles. The van der Waals surface area contributed by atoms with Crippen molar-refractivity contribution in [1.82, 2.24) is 0 Å². The smallest absolute Gasteiger partial charge is 0.0103 e. The lowest BCUT2D eigenvalue weighted by atomic mass is 9.93. The summed E-state index contributed by atoms with van der Waals surface area (Å²) in [6, 6.07) is 19.9. The summed E-state index contributed by atoms with van der Waals surface area (Å²) in [7, 11) is 0. The van der Waals surface area contributed by atoms with Crippen LogP contribution in [0, 0.1) is 5.92 Å². The molecule has 0 amide bonds. The first-order valence-corrected chi connectivity index (χ1v) is 7.15. The lowest BCUT2D eigenvalue weighted by Crippen LogP contribution is -1.94. The Hall–Kier alpha value is -1.82. The molecule has 0 spiro atoms. The van der Waals surface area contributed by atoms with Crippen molar-refractivity contribution in [3.63, 3.8) is 0 Å². The van der Waals surface area contributed by atoms with Gasteiger partial charge in [0.2, 0.25) is 0 Å². The van der Waals surface area contributed by atoms with Crippen LogP contribution in [0.1, 0.15) is 25.8 Å². The number of hydrogen-bond acceptors (Lipinski definition) is 0. The minimum Gasteiger partial charge on any atom is -0.0628 e. The number of benzene rings is 3. The molecule has 0 aliphatic rings. The van der Waals surface area contributed by atoms with Gasteiger partial charge >= 0.3 is 0 Å². The van der Waals surface area contributed by atoms with Crippen LogP contribution >= 0.6 is 0 Å². The van der Waals surface area contributed by atoms with Gasteiger partial charge in [-0.3, -0.25) is 0 Å². The number of rotatable bonds is 3. The monoisotopic (exact) mass is 248 g/mol. The third-order valence-electron chi connectivity index (χ3n) is 3.84. The number of fused-ring (bicyclic) bond motifs is 3. The standard InChI is InChI=1S/C19H20/c1-14(2)11-12-16-13-15-7-3-4-8-17(15)19-10-6-5-9-18(16)19/h3-10,13-14H,11-12H2,1-2H3. The van der Waals surface area contributed by atoms with Gasteiger partial charge in [0.1, 0.15) is 0 Å². The van der Waals surface area contributed by atoms with Gasteiger partial charge < -0.3 is 0 Å². The molecule has 19 heavy (non-hydrogen) atoms. The molecule has 0 heteroatoms. The fourth-order valence-corrected chi connectivity index (χ4v) is 2.78. The van der Waals surface area contributed by atoms with Crippen LogP contribution in [-0.4, -0.2) is 0 Å². The first-order chi connectivity index (χ1) is 9.25. The Morgan fingerprint density at radius 3 is 2.16 bits per heavy atom. The van der Waals surface area contributed by atoms with Gasteiger partial charge in [0, 0.05) is 0 Å². The Morgan fingerprint density at radius 1 is 0.789 bits per heavy atom. The maximum atomic E-state index is 2.38. The van der Waals surface area contributed by atoms with E-state index in [9.17, 15) is 0 Å². The topological polar surface area (TPSA) is 0 Å². The molecular formula is C19H20. The van der Waals surface area contributed by atoms with Crippen LogP contribution in [0.2, 0.25) is 0 Å². The van der Waals surface area contributed by atoms with Gasteiger partial charge in [-0.1, -0.05) is 68.4 Å². The SMILES string of the molecule is CC(C)CCc1cc2ccccc2c2ccccc12. The summed E-state index contributed by atoms with van der Waals surface area (Å²) in [6.45, 7) is 4.59. The van der Waals surface area contributed by atoms with Crippen molar-refractivity contribution in [2.24, 2.45) is 5.92 Å². The summed E-state index contributed by atoms with van der Waals surface area (Å²) >= 11 is 0. The van der Waals surface area contributed by atoms with Crippen LogP contribution < -0.4 is 0 Å². The van der Waals surface area contributed by atoms with E-state index < -0.39 is 0 Å². The van der Waals surface area contributed by atoms with E-state index in [-0.39, 0.29) is 0 Å². The van der Waals surface area contributed by atoms with E-state index in [1.165, 1.54) is 39.9 Å². The van der Waals surface area contributed by atoms with E-state index in [1.807, 2.05) is 0 Å². The molecule has 0 fully saturated rings. The van der Waals surface area contributed by atoms with E-state index in [2.05, 4.69) is 68.4 Å². The molecule has 3 aromatic rings. The van der Waals surface area contributed by atoms with Gasteiger partial charge in [0.25, 0.3) is 0 Å². The van der Waals surface area contributed by atoms with E-state index >= 15 is 0 Å². The Kier molecular flexibility index (Phi) is 3.25. The summed E-state index contributed by atoms with van der Waals surface area (Å²) in [5, 5.41) is 5.53. The molecule has 0 N–H and O–H groups in total. The third kappa shape index (κ3) is 2.35. The fraction of sp³-hybridized carbons (Fsp3) is 0.263. The molecule has 96 valence electrons. The number of aryl methyl sites for hydroxylation is 1. The highest BCUT2D eigenvalue weighted by Crippen LogP contribution is 2.29. The molecule has 0 saturated heterocycles. The van der Waals surface area contributed by atoms with Gasteiger partial charge in [-0.2, -0.15) is 0 Å². The molecule has 0 aliphatic heterocycles. The molecular weight excluding hydrogens is 228 g/mol. The number of hydrogen-bond donors (Lipinski definition) is 0. The maximum absolute atomic E-state index is 2.38. The van der Waals surface area contributed by atoms with Crippen molar-refractivity contribution in [2.45, 2.75) is 26.7 Å². The van der Waals surface area contributed by atoms with Crippen LogP contribution in [0.3, 0.4) is 0 Å². The zero-order valence-electron chi connectivity index (χ0n) is 11.7. The largest absolute Gasteiger partial charge is 0.0628 e. The third-order valence-corrected chi connectivity index (χ3v) is 3.84. The van der Waals surface area contributed by atoms with Gasteiger partial charge in [-0.15, -0.1) is 0 Å². The Bertz CT molecular complexity index is 707. The normalized spacial score (nSPS) is 11.5. The maximum Gasteiger partial charge on any atom is -0.0103 e. The zero-order chi connectivity index (χ0) is 13.2. The van der Waals surface area contributed by atoms with Crippen molar-refractivity contribution >= 4 is 21.5 Å². The zero-order valence-corrected chi connectivity index (χ0v) is 11.7. The first kappa shape index (κ1) is 12.2. The van der Waals surface area contributed by atoms with E-state index in [4.69, 9.17) is 0 Å². The molecule has 3 aromatic carbocycles. The second-order valence-corrected chi connectivity index (χ2v) is 5.73. The van der Waals surface area contributed by atoms with Crippen molar-refractivity contribution in [2.75, 3.05) is 0 Å². The fourth-order valence-electron chi connectivity index (χ4n) is 2.78. The minimum absolute atomic E-state index is 0.755. The summed E-state index contributed by atoms with van der Waals surface area (Å²) in [5.41, 5.74) is 1.49. The summed E-state index contributed by atoms with van der Waals surface area (Å²) in [4.78, 5) is 0. The van der Waals surface area contributed by atoms with E-state index in [0.717, 1.165) is 5.92 Å². The highest BCUT2D eigenvalue weighted by atomic mass is 14.1. The second-order valence-electron chi connectivity index (χ2n) is 5.73. The van der Waals surface area contributed by atoms with Crippen LogP contribution in [0.25, 0.3) is 21.5 Å². The highest BCUT2D eigenvalue weighted by Gasteiger charge is 2.06. The highest BCUT2D eigenvalue weighted by molar-refractivity contribution is 6.08. The summed E-state index contributed by atoms with van der Waals surface area (Å²) < 4.78 is 0.